The highest BCUT2D eigenvalue weighted by Crippen LogP contribution is 2.42. The Kier molecular flexibility index (Phi) is 6.41. The Labute approximate surface area is 332 Å². The Hall–Kier alpha value is -7.82. The second kappa shape index (κ2) is 11.8. The number of aromatic nitrogens is 3. The van der Waals surface area contributed by atoms with Crippen LogP contribution in [0, 0.1) is 0 Å². The van der Waals surface area contributed by atoms with Gasteiger partial charge in [-0.25, -0.2) is 0 Å². The fraction of sp³-hybridized carbons (Fsp3) is 0. The second-order valence-corrected chi connectivity index (χ2v) is 15.3. The summed E-state index contributed by atoms with van der Waals surface area (Å²) in [6.45, 7) is 0. The van der Waals surface area contributed by atoms with Crippen LogP contribution in [0.25, 0.3) is 116 Å². The molecule has 9 aromatic carbocycles. The Morgan fingerprint density at radius 2 is 0.741 bits per heavy atom. The molecule has 58 heavy (non-hydrogen) atoms. The molecule has 0 spiro atoms. The summed E-state index contributed by atoms with van der Waals surface area (Å²) in [6, 6.07) is 72.4. The fourth-order valence-electron chi connectivity index (χ4n) is 9.72. The molecule has 4 nitrogen and oxygen atoms in total. The van der Waals surface area contributed by atoms with Crippen LogP contribution in [0.4, 0.5) is 0 Å². The largest absolute Gasteiger partial charge is 0.455 e. The number of furan rings is 1. The zero-order chi connectivity index (χ0) is 37.9. The molecule has 0 radical (unpaired) electrons. The summed E-state index contributed by atoms with van der Waals surface area (Å²) in [5, 5.41) is 9.59. The van der Waals surface area contributed by atoms with E-state index in [4.69, 9.17) is 4.42 Å². The summed E-state index contributed by atoms with van der Waals surface area (Å²) < 4.78 is 13.9. The van der Waals surface area contributed by atoms with Gasteiger partial charge in [0.05, 0.1) is 38.5 Å². The van der Waals surface area contributed by atoms with Crippen LogP contribution in [-0.2, 0) is 0 Å². The van der Waals surface area contributed by atoms with E-state index < -0.39 is 0 Å². The molecule has 0 bridgehead atoms. The van der Waals surface area contributed by atoms with Gasteiger partial charge in [-0.05, 0) is 102 Å². The molecule has 13 aromatic rings. The first-order valence-electron chi connectivity index (χ1n) is 19.8. The Balaban J connectivity index is 0.947. The van der Waals surface area contributed by atoms with Crippen LogP contribution in [0.2, 0.25) is 0 Å². The van der Waals surface area contributed by atoms with E-state index in [1.165, 1.54) is 49.0 Å². The van der Waals surface area contributed by atoms with Crippen molar-refractivity contribution in [2.45, 2.75) is 0 Å². The standard InChI is InChI=1S/C54H33N3O/c1-6-19-46-39(14-1)40-15-2-7-20-47(40)55(46)36-25-27-37(28-26-36)56-50-23-10-5-18-44(50)53-51(56)30-29-43-45-33-35(24-31-52(45)58-54(43)53)34-12-11-13-38(32-34)57-48-21-8-3-16-41(48)42-17-4-9-22-49(42)57/h1-33H. The molecule has 0 unspecified atom stereocenters. The van der Waals surface area contributed by atoms with E-state index >= 15 is 0 Å². The van der Waals surface area contributed by atoms with Crippen molar-refractivity contribution < 1.29 is 4.42 Å². The van der Waals surface area contributed by atoms with Gasteiger partial charge in [-0.2, -0.15) is 0 Å². The maximum absolute atomic E-state index is 6.82. The molecular weight excluding hydrogens is 707 g/mol. The average molecular weight is 740 g/mol. The Morgan fingerprint density at radius 1 is 0.276 bits per heavy atom. The number of benzene rings is 9. The van der Waals surface area contributed by atoms with Crippen LogP contribution < -0.4 is 0 Å². The Morgan fingerprint density at radius 3 is 1.31 bits per heavy atom. The van der Waals surface area contributed by atoms with Gasteiger partial charge in [0.15, 0.2) is 0 Å². The maximum atomic E-state index is 6.82. The zero-order valence-electron chi connectivity index (χ0n) is 31.3. The lowest BCUT2D eigenvalue weighted by atomic mass is 10.0. The number of rotatable bonds is 4. The van der Waals surface area contributed by atoms with Gasteiger partial charge < -0.3 is 18.1 Å². The summed E-state index contributed by atoms with van der Waals surface area (Å²) in [6.07, 6.45) is 0. The van der Waals surface area contributed by atoms with E-state index in [0.29, 0.717) is 0 Å². The normalized spacial score (nSPS) is 12.1. The van der Waals surface area contributed by atoms with Gasteiger partial charge in [0.2, 0.25) is 0 Å². The second-order valence-electron chi connectivity index (χ2n) is 15.3. The molecule has 0 amide bonds. The van der Waals surface area contributed by atoms with Gasteiger partial charge >= 0.3 is 0 Å². The van der Waals surface area contributed by atoms with Crippen LogP contribution >= 0.6 is 0 Å². The number of fused-ring (bicyclic) bond motifs is 13. The van der Waals surface area contributed by atoms with E-state index in [2.05, 4.69) is 214 Å². The molecule has 0 aliphatic rings. The molecule has 270 valence electrons. The van der Waals surface area contributed by atoms with Gasteiger partial charge in [-0.15, -0.1) is 0 Å². The highest BCUT2D eigenvalue weighted by Gasteiger charge is 2.20. The topological polar surface area (TPSA) is 27.9 Å². The third kappa shape index (κ3) is 4.34. The predicted octanol–water partition coefficient (Wildman–Crippen LogP) is 14.5. The number of hydrogen-bond acceptors (Lipinski definition) is 1. The minimum absolute atomic E-state index is 0.886. The van der Waals surface area contributed by atoms with Crippen molar-refractivity contribution in [1.82, 2.24) is 13.7 Å². The monoisotopic (exact) mass is 739 g/mol. The van der Waals surface area contributed by atoms with Crippen molar-refractivity contribution in [2.75, 3.05) is 0 Å². The third-order valence-electron chi connectivity index (χ3n) is 12.2. The first kappa shape index (κ1) is 31.4. The van der Waals surface area contributed by atoms with Crippen molar-refractivity contribution in [3.05, 3.63) is 200 Å². The van der Waals surface area contributed by atoms with Crippen molar-refractivity contribution in [1.29, 1.82) is 0 Å². The van der Waals surface area contributed by atoms with E-state index in [-0.39, 0.29) is 0 Å². The zero-order valence-corrected chi connectivity index (χ0v) is 31.3. The summed E-state index contributed by atoms with van der Waals surface area (Å²) in [5.41, 5.74) is 14.6. The first-order chi connectivity index (χ1) is 28.8. The number of para-hydroxylation sites is 5. The molecule has 0 fully saturated rings. The predicted molar refractivity (Wildman–Crippen MR) is 242 cm³/mol. The van der Waals surface area contributed by atoms with Crippen LogP contribution in [0.5, 0.6) is 0 Å². The lowest BCUT2D eigenvalue weighted by molar-refractivity contribution is 0.673. The maximum Gasteiger partial charge on any atom is 0.145 e. The molecule has 0 saturated carbocycles. The molecule has 0 N–H and O–H groups in total. The third-order valence-corrected chi connectivity index (χ3v) is 12.2. The molecule has 4 aromatic heterocycles. The lowest BCUT2D eigenvalue weighted by Crippen LogP contribution is -1.97. The summed E-state index contributed by atoms with van der Waals surface area (Å²) in [4.78, 5) is 0. The highest BCUT2D eigenvalue weighted by molar-refractivity contribution is 6.24. The van der Waals surface area contributed by atoms with E-state index in [1.807, 2.05) is 0 Å². The highest BCUT2D eigenvalue weighted by atomic mass is 16.3. The molecule has 0 saturated heterocycles. The molecule has 13 rings (SSSR count). The van der Waals surface area contributed by atoms with E-state index in [1.54, 1.807) is 0 Å². The van der Waals surface area contributed by atoms with Crippen molar-refractivity contribution in [3.8, 4) is 28.2 Å². The smallest absolute Gasteiger partial charge is 0.145 e. The van der Waals surface area contributed by atoms with Crippen LogP contribution in [0.1, 0.15) is 0 Å². The summed E-state index contributed by atoms with van der Waals surface area (Å²) in [7, 11) is 0. The average Bonchev–Trinajstić information content (AvgIpc) is 4.03. The lowest BCUT2D eigenvalue weighted by Gasteiger charge is -2.11. The minimum atomic E-state index is 0.886. The minimum Gasteiger partial charge on any atom is -0.455 e. The van der Waals surface area contributed by atoms with Crippen molar-refractivity contribution >= 4 is 87.4 Å². The van der Waals surface area contributed by atoms with Crippen molar-refractivity contribution in [3.63, 3.8) is 0 Å². The molecule has 4 heterocycles. The molecular formula is C54H33N3O. The van der Waals surface area contributed by atoms with Gasteiger partial charge in [0, 0.05) is 54.8 Å². The summed E-state index contributed by atoms with van der Waals surface area (Å²) in [5.74, 6) is 0. The Bertz CT molecular complexity index is 3690. The molecule has 0 aliphatic carbocycles. The molecule has 0 atom stereocenters. The van der Waals surface area contributed by atoms with Crippen LogP contribution in [0.3, 0.4) is 0 Å². The van der Waals surface area contributed by atoms with Crippen LogP contribution in [0.15, 0.2) is 205 Å². The van der Waals surface area contributed by atoms with Gasteiger partial charge in [-0.3, -0.25) is 0 Å². The fourth-order valence-corrected chi connectivity index (χ4v) is 9.72. The van der Waals surface area contributed by atoms with E-state index in [0.717, 1.165) is 66.5 Å². The number of nitrogens with zero attached hydrogens (tertiary/aromatic N) is 3. The number of hydrogen-bond donors (Lipinski definition) is 0. The van der Waals surface area contributed by atoms with Gasteiger partial charge in [0.1, 0.15) is 11.2 Å². The summed E-state index contributed by atoms with van der Waals surface area (Å²) >= 11 is 0. The van der Waals surface area contributed by atoms with Gasteiger partial charge in [-0.1, -0.05) is 109 Å². The molecule has 0 aliphatic heterocycles. The van der Waals surface area contributed by atoms with Gasteiger partial charge in [0.25, 0.3) is 0 Å². The molecule has 4 heteroatoms. The van der Waals surface area contributed by atoms with Crippen LogP contribution in [-0.4, -0.2) is 13.7 Å². The first-order valence-corrected chi connectivity index (χ1v) is 19.8. The quantitative estimate of drug-likeness (QED) is 0.177. The SMILES string of the molecule is c1cc(-c2ccc3oc4c(ccc5c4c4ccccc4n5-c4ccc(-n5c6ccccc6c6ccccc65)cc4)c3c2)cc(-n2c3ccccc3c3ccccc32)c1. The van der Waals surface area contributed by atoms with Crippen molar-refractivity contribution in [2.24, 2.45) is 0 Å². The van der Waals surface area contributed by atoms with E-state index in [9.17, 15) is 0 Å².